The second-order valence-corrected chi connectivity index (χ2v) is 11.6. The number of nitrogens with zero attached hydrogens (tertiary/aromatic N) is 1. The first kappa shape index (κ1) is 32.0. The standard InChI is InChI=1S/C29H30F5NO5S/c1-19(20-9-5-4-6-10-20)17-35(18-21-11-7-12-23(27(21)31)29(32,33)34)13-8-14-40-22-15-24(30)26(28(36)39-2)25(16-22)41(3,37)38/h4-7,9-12,15-16,19H,8,13-14,17-18H2,1-3H3. The van der Waals surface area contributed by atoms with Crippen molar-refractivity contribution in [2.24, 2.45) is 0 Å². The number of halogens is 5. The summed E-state index contributed by atoms with van der Waals surface area (Å²) >= 11 is 0. The van der Waals surface area contributed by atoms with E-state index < -0.39 is 49.6 Å². The molecule has 3 aromatic rings. The molecule has 0 radical (unpaired) electrons. The fourth-order valence-corrected chi connectivity index (χ4v) is 5.26. The summed E-state index contributed by atoms with van der Waals surface area (Å²) < 4.78 is 104. The number of carbonyl (C=O) groups excluding carboxylic acids is 1. The SMILES string of the molecule is COC(=O)c1c(F)cc(OCCCN(Cc2cccc(C(F)(F)F)c2F)CC(C)c2ccccc2)cc1S(C)(=O)=O. The second kappa shape index (κ2) is 13.4. The first-order chi connectivity index (χ1) is 19.2. The lowest BCUT2D eigenvalue weighted by molar-refractivity contribution is -0.140. The molecule has 0 spiro atoms. The van der Waals surface area contributed by atoms with E-state index in [-0.39, 0.29) is 43.3 Å². The summed E-state index contributed by atoms with van der Waals surface area (Å²) in [6.07, 6.45) is -3.73. The maximum atomic E-state index is 14.8. The zero-order chi connectivity index (χ0) is 30.4. The van der Waals surface area contributed by atoms with Gasteiger partial charge in [0.15, 0.2) is 9.84 Å². The number of hydrogen-bond acceptors (Lipinski definition) is 6. The molecule has 1 unspecified atom stereocenters. The van der Waals surface area contributed by atoms with Crippen LogP contribution in [0.25, 0.3) is 0 Å². The third-order valence-electron chi connectivity index (χ3n) is 6.38. The minimum Gasteiger partial charge on any atom is -0.493 e. The van der Waals surface area contributed by atoms with E-state index in [0.717, 1.165) is 37.1 Å². The Kier molecular flexibility index (Phi) is 10.5. The Labute approximate surface area is 235 Å². The highest BCUT2D eigenvalue weighted by Gasteiger charge is 2.35. The van der Waals surface area contributed by atoms with Crippen LogP contribution in [0.3, 0.4) is 0 Å². The Morgan fingerprint density at radius 1 is 1.02 bits per heavy atom. The summed E-state index contributed by atoms with van der Waals surface area (Å²) in [6, 6.07) is 14.5. The van der Waals surface area contributed by atoms with Crippen molar-refractivity contribution in [3.8, 4) is 5.75 Å². The number of benzene rings is 3. The van der Waals surface area contributed by atoms with Gasteiger partial charge in [0.25, 0.3) is 0 Å². The van der Waals surface area contributed by atoms with E-state index >= 15 is 0 Å². The summed E-state index contributed by atoms with van der Waals surface area (Å²) in [7, 11) is -3.02. The average Bonchev–Trinajstić information content (AvgIpc) is 2.90. The van der Waals surface area contributed by atoms with Crippen molar-refractivity contribution in [2.75, 3.05) is 33.1 Å². The third kappa shape index (κ3) is 8.49. The molecule has 0 heterocycles. The zero-order valence-electron chi connectivity index (χ0n) is 22.7. The zero-order valence-corrected chi connectivity index (χ0v) is 23.5. The van der Waals surface area contributed by atoms with E-state index in [1.54, 1.807) is 4.90 Å². The number of alkyl halides is 3. The predicted molar refractivity (Wildman–Crippen MR) is 142 cm³/mol. The molecular weight excluding hydrogens is 569 g/mol. The monoisotopic (exact) mass is 599 g/mol. The Morgan fingerprint density at radius 3 is 2.32 bits per heavy atom. The first-order valence-electron chi connectivity index (χ1n) is 12.6. The number of rotatable bonds is 12. The van der Waals surface area contributed by atoms with Crippen molar-refractivity contribution in [3.05, 3.63) is 94.6 Å². The number of methoxy groups -OCH3 is 1. The third-order valence-corrected chi connectivity index (χ3v) is 7.50. The van der Waals surface area contributed by atoms with Gasteiger partial charge in [-0.25, -0.2) is 22.0 Å². The van der Waals surface area contributed by atoms with Gasteiger partial charge in [-0.2, -0.15) is 13.2 Å². The minimum atomic E-state index is -4.83. The van der Waals surface area contributed by atoms with E-state index in [9.17, 15) is 35.2 Å². The lowest BCUT2D eigenvalue weighted by Gasteiger charge is -2.27. The van der Waals surface area contributed by atoms with E-state index in [0.29, 0.717) is 12.6 Å². The van der Waals surface area contributed by atoms with Gasteiger partial charge in [-0.05, 0) is 30.0 Å². The maximum absolute atomic E-state index is 14.8. The van der Waals surface area contributed by atoms with Crippen LogP contribution in [0.1, 0.15) is 46.3 Å². The fourth-order valence-electron chi connectivity index (χ4n) is 4.38. The van der Waals surface area contributed by atoms with E-state index in [1.807, 2.05) is 37.3 Å². The molecule has 222 valence electrons. The molecule has 0 aliphatic carbocycles. The van der Waals surface area contributed by atoms with Crippen LogP contribution in [0.5, 0.6) is 5.75 Å². The van der Waals surface area contributed by atoms with Gasteiger partial charge < -0.3 is 9.47 Å². The van der Waals surface area contributed by atoms with Gasteiger partial charge in [0.1, 0.15) is 22.9 Å². The minimum absolute atomic E-state index is 0.0263. The molecule has 0 N–H and O–H groups in total. The van der Waals surface area contributed by atoms with Crippen molar-refractivity contribution in [3.63, 3.8) is 0 Å². The lowest BCUT2D eigenvalue weighted by atomic mass is 10.00. The number of ether oxygens (including phenoxy) is 2. The highest BCUT2D eigenvalue weighted by molar-refractivity contribution is 7.90. The number of sulfone groups is 1. The van der Waals surface area contributed by atoms with Crippen molar-refractivity contribution < 1.29 is 44.6 Å². The summed E-state index contributed by atoms with van der Waals surface area (Å²) in [4.78, 5) is 13.1. The fraction of sp³-hybridized carbons (Fsp3) is 0.345. The van der Waals surface area contributed by atoms with Crippen molar-refractivity contribution in [1.29, 1.82) is 0 Å². The summed E-state index contributed by atoms with van der Waals surface area (Å²) in [5.41, 5.74) is -1.19. The summed E-state index contributed by atoms with van der Waals surface area (Å²) in [6.45, 7) is 2.48. The molecule has 0 bridgehead atoms. The quantitative estimate of drug-likeness (QED) is 0.139. The van der Waals surface area contributed by atoms with Gasteiger partial charge in [-0.1, -0.05) is 49.4 Å². The van der Waals surface area contributed by atoms with Crippen LogP contribution in [-0.2, 0) is 27.3 Å². The van der Waals surface area contributed by atoms with Gasteiger partial charge >= 0.3 is 12.1 Å². The molecule has 12 heteroatoms. The molecule has 6 nitrogen and oxygen atoms in total. The molecule has 0 saturated heterocycles. The molecule has 3 rings (SSSR count). The predicted octanol–water partition coefficient (Wildman–Crippen LogP) is 6.25. The highest BCUT2D eigenvalue weighted by atomic mass is 32.2. The van der Waals surface area contributed by atoms with Gasteiger partial charge in [-0.15, -0.1) is 0 Å². The molecule has 0 aliphatic heterocycles. The van der Waals surface area contributed by atoms with Gasteiger partial charge in [0.05, 0.1) is 24.2 Å². The Hall–Kier alpha value is -3.51. The van der Waals surface area contributed by atoms with Crippen molar-refractivity contribution >= 4 is 15.8 Å². The Balaban J connectivity index is 1.77. The van der Waals surface area contributed by atoms with Crippen molar-refractivity contribution in [1.82, 2.24) is 4.90 Å². The lowest BCUT2D eigenvalue weighted by Crippen LogP contribution is -2.30. The van der Waals surface area contributed by atoms with Crippen LogP contribution in [-0.4, -0.2) is 52.3 Å². The van der Waals surface area contributed by atoms with Gasteiger partial charge in [0.2, 0.25) is 0 Å². The smallest absolute Gasteiger partial charge is 0.419 e. The van der Waals surface area contributed by atoms with E-state index in [4.69, 9.17) is 4.74 Å². The highest BCUT2D eigenvalue weighted by Crippen LogP contribution is 2.33. The number of esters is 1. The second-order valence-electron chi connectivity index (χ2n) is 9.57. The van der Waals surface area contributed by atoms with Crippen LogP contribution in [0, 0.1) is 11.6 Å². The van der Waals surface area contributed by atoms with Crippen molar-refractivity contribution in [2.45, 2.75) is 36.9 Å². The average molecular weight is 600 g/mol. The van der Waals surface area contributed by atoms with Gasteiger partial charge in [-0.3, -0.25) is 4.90 Å². The van der Waals surface area contributed by atoms with Crippen LogP contribution >= 0.6 is 0 Å². The van der Waals surface area contributed by atoms with E-state index in [1.165, 1.54) is 6.07 Å². The molecule has 0 aliphatic rings. The summed E-state index contributed by atoms with van der Waals surface area (Å²) in [5, 5.41) is 0. The molecule has 0 aromatic heterocycles. The molecule has 3 aromatic carbocycles. The van der Waals surface area contributed by atoms with Gasteiger partial charge in [0, 0.05) is 37.5 Å². The van der Waals surface area contributed by atoms with Crippen LogP contribution in [0.2, 0.25) is 0 Å². The van der Waals surface area contributed by atoms with E-state index in [2.05, 4.69) is 4.74 Å². The molecule has 1 atom stereocenters. The van der Waals surface area contributed by atoms with Crippen LogP contribution in [0.4, 0.5) is 22.0 Å². The molecule has 0 saturated carbocycles. The largest absolute Gasteiger partial charge is 0.493 e. The maximum Gasteiger partial charge on any atom is 0.419 e. The summed E-state index contributed by atoms with van der Waals surface area (Å²) in [5.74, 6) is -3.79. The molecular formula is C29H30F5NO5S. The molecule has 0 amide bonds. The molecule has 0 fully saturated rings. The number of carbonyl (C=O) groups is 1. The topological polar surface area (TPSA) is 72.9 Å². The Bertz CT molecular complexity index is 1460. The Morgan fingerprint density at radius 2 is 1.71 bits per heavy atom. The normalized spacial score (nSPS) is 12.8. The molecule has 41 heavy (non-hydrogen) atoms. The van der Waals surface area contributed by atoms with Crippen LogP contribution < -0.4 is 4.74 Å². The number of hydrogen-bond donors (Lipinski definition) is 0. The van der Waals surface area contributed by atoms with Crippen LogP contribution in [0.15, 0.2) is 65.6 Å². The first-order valence-corrected chi connectivity index (χ1v) is 14.5.